The molecular weight excluding hydrogens is 352 g/mol. The maximum Gasteiger partial charge on any atom is 0.347 e. The Balaban J connectivity index is 2.09. The molecule has 0 aliphatic rings. The van der Waals surface area contributed by atoms with E-state index in [4.69, 9.17) is 9.84 Å². The van der Waals surface area contributed by atoms with E-state index in [0.29, 0.717) is 10.8 Å². The number of hydrogen-bond donors (Lipinski definition) is 3. The molecular formula is C18H18N4O3S. The first kappa shape index (κ1) is 17.7. The standard InChI is InChI=1S/C18H18N4O3S/c1-10(17-20-9-14(26-17)18(23)24)8-12-15(21-22-16(12)19-2)11-6-4-5-7-13(11)25-3/h4-9H,1-3H3,(H,23,24)(H2,19,21,22)/b10-8+. The molecule has 0 saturated carbocycles. The molecule has 0 fully saturated rings. The smallest absolute Gasteiger partial charge is 0.347 e. The third-order valence-electron chi connectivity index (χ3n) is 3.83. The fourth-order valence-corrected chi connectivity index (χ4v) is 3.30. The second kappa shape index (κ2) is 7.40. The van der Waals surface area contributed by atoms with Gasteiger partial charge >= 0.3 is 5.97 Å². The molecule has 0 spiro atoms. The molecule has 7 nitrogen and oxygen atoms in total. The lowest BCUT2D eigenvalue weighted by atomic mass is 10.0. The van der Waals surface area contributed by atoms with E-state index in [1.807, 2.05) is 37.3 Å². The van der Waals surface area contributed by atoms with Gasteiger partial charge in [-0.25, -0.2) is 9.78 Å². The molecule has 0 aliphatic carbocycles. The number of nitrogens with zero attached hydrogens (tertiary/aromatic N) is 2. The third-order valence-corrected chi connectivity index (χ3v) is 4.95. The fourth-order valence-electron chi connectivity index (χ4n) is 2.57. The van der Waals surface area contributed by atoms with E-state index in [1.165, 1.54) is 6.20 Å². The highest BCUT2D eigenvalue weighted by atomic mass is 32.1. The Morgan fingerprint density at radius 1 is 1.38 bits per heavy atom. The molecule has 8 heteroatoms. The van der Waals surface area contributed by atoms with Crippen molar-refractivity contribution in [2.24, 2.45) is 0 Å². The molecule has 134 valence electrons. The number of anilines is 1. The molecule has 3 rings (SSSR count). The summed E-state index contributed by atoms with van der Waals surface area (Å²) in [6.45, 7) is 1.89. The molecule has 0 bridgehead atoms. The molecule has 1 aromatic carbocycles. The second-order valence-electron chi connectivity index (χ2n) is 5.47. The van der Waals surface area contributed by atoms with Crippen LogP contribution in [0.5, 0.6) is 5.75 Å². The van der Waals surface area contributed by atoms with Crippen molar-refractivity contribution in [3.8, 4) is 17.0 Å². The van der Waals surface area contributed by atoms with Crippen LogP contribution in [-0.4, -0.2) is 40.4 Å². The van der Waals surface area contributed by atoms with E-state index in [9.17, 15) is 4.79 Å². The van der Waals surface area contributed by atoms with Crippen molar-refractivity contribution in [3.05, 3.63) is 45.9 Å². The minimum atomic E-state index is -0.976. The Morgan fingerprint density at radius 2 is 2.15 bits per heavy atom. The summed E-state index contributed by atoms with van der Waals surface area (Å²) in [6, 6.07) is 7.67. The number of aromatic carboxylic acids is 1. The van der Waals surface area contributed by atoms with Crippen LogP contribution in [0.2, 0.25) is 0 Å². The number of nitrogens with one attached hydrogen (secondary N) is 2. The number of hydrogen-bond acceptors (Lipinski definition) is 6. The van der Waals surface area contributed by atoms with Gasteiger partial charge in [-0.3, -0.25) is 5.10 Å². The van der Waals surface area contributed by atoms with Gasteiger partial charge in [0.05, 0.1) is 19.0 Å². The minimum Gasteiger partial charge on any atom is -0.496 e. The van der Waals surface area contributed by atoms with Crippen molar-refractivity contribution in [2.75, 3.05) is 19.5 Å². The Hall–Kier alpha value is -3.13. The Labute approximate surface area is 154 Å². The summed E-state index contributed by atoms with van der Waals surface area (Å²) in [6.07, 6.45) is 3.30. The first-order valence-corrected chi connectivity index (χ1v) is 8.64. The normalized spacial score (nSPS) is 11.4. The van der Waals surface area contributed by atoms with Crippen LogP contribution in [0.25, 0.3) is 22.9 Å². The summed E-state index contributed by atoms with van der Waals surface area (Å²) >= 11 is 1.14. The predicted octanol–water partition coefficient (Wildman–Crippen LogP) is 3.84. The Bertz CT molecular complexity index is 974. The number of para-hydroxylation sites is 1. The lowest BCUT2D eigenvalue weighted by Crippen LogP contribution is -1.92. The summed E-state index contributed by atoms with van der Waals surface area (Å²) in [5.41, 5.74) is 3.38. The molecule has 0 amide bonds. The van der Waals surface area contributed by atoms with Gasteiger partial charge in [0, 0.05) is 18.2 Å². The Kier molecular flexibility index (Phi) is 5.04. The minimum absolute atomic E-state index is 0.207. The van der Waals surface area contributed by atoms with Gasteiger partial charge in [0.15, 0.2) is 5.82 Å². The molecule has 0 saturated heterocycles. The summed E-state index contributed by atoms with van der Waals surface area (Å²) in [7, 11) is 3.42. The number of carboxylic acids is 1. The van der Waals surface area contributed by atoms with E-state index in [-0.39, 0.29) is 4.88 Å². The van der Waals surface area contributed by atoms with Crippen molar-refractivity contribution in [1.29, 1.82) is 0 Å². The maximum absolute atomic E-state index is 11.1. The lowest BCUT2D eigenvalue weighted by Gasteiger charge is -2.08. The number of rotatable bonds is 6. The highest BCUT2D eigenvalue weighted by Gasteiger charge is 2.17. The number of aromatic nitrogens is 3. The van der Waals surface area contributed by atoms with Crippen LogP contribution < -0.4 is 10.1 Å². The number of H-pyrrole nitrogens is 1. The molecule has 3 aromatic rings. The molecule has 0 radical (unpaired) electrons. The monoisotopic (exact) mass is 370 g/mol. The lowest BCUT2D eigenvalue weighted by molar-refractivity contribution is 0.0702. The molecule has 26 heavy (non-hydrogen) atoms. The van der Waals surface area contributed by atoms with Crippen LogP contribution in [0.15, 0.2) is 30.5 Å². The average Bonchev–Trinajstić information content (AvgIpc) is 3.29. The number of carboxylic acid groups (broad SMARTS) is 1. The van der Waals surface area contributed by atoms with Gasteiger partial charge < -0.3 is 15.2 Å². The molecule has 0 unspecified atom stereocenters. The number of thiazole rings is 1. The predicted molar refractivity (Wildman–Crippen MR) is 103 cm³/mol. The van der Waals surface area contributed by atoms with Crippen LogP contribution in [0.1, 0.15) is 27.2 Å². The van der Waals surface area contributed by atoms with Crippen LogP contribution in [0.4, 0.5) is 5.82 Å². The van der Waals surface area contributed by atoms with Gasteiger partial charge in [-0.05, 0) is 30.7 Å². The molecule has 0 aliphatic heterocycles. The Morgan fingerprint density at radius 3 is 2.81 bits per heavy atom. The highest BCUT2D eigenvalue weighted by molar-refractivity contribution is 7.14. The molecule has 2 aromatic heterocycles. The van der Waals surface area contributed by atoms with Crippen LogP contribution in [-0.2, 0) is 0 Å². The van der Waals surface area contributed by atoms with Gasteiger partial charge in [-0.1, -0.05) is 12.1 Å². The van der Waals surface area contributed by atoms with Crippen LogP contribution in [0.3, 0.4) is 0 Å². The fraction of sp³-hybridized carbons (Fsp3) is 0.167. The van der Waals surface area contributed by atoms with Crippen LogP contribution >= 0.6 is 11.3 Å². The molecule has 0 atom stereocenters. The summed E-state index contributed by atoms with van der Waals surface area (Å²) in [4.78, 5) is 15.5. The number of benzene rings is 1. The van der Waals surface area contributed by atoms with Crippen molar-refractivity contribution < 1.29 is 14.6 Å². The summed E-state index contributed by atoms with van der Waals surface area (Å²) in [5.74, 6) is 0.435. The van der Waals surface area contributed by atoms with Gasteiger partial charge in [0.1, 0.15) is 15.6 Å². The molecule has 3 N–H and O–H groups in total. The van der Waals surface area contributed by atoms with Gasteiger partial charge in [0.2, 0.25) is 0 Å². The first-order valence-electron chi connectivity index (χ1n) is 7.82. The number of carbonyl (C=O) groups is 1. The first-order chi connectivity index (χ1) is 12.5. The summed E-state index contributed by atoms with van der Waals surface area (Å²) < 4.78 is 5.45. The number of ether oxygens (including phenoxy) is 1. The largest absolute Gasteiger partial charge is 0.496 e. The zero-order chi connectivity index (χ0) is 18.7. The highest BCUT2D eigenvalue weighted by Crippen LogP contribution is 2.35. The van der Waals surface area contributed by atoms with Gasteiger partial charge in [-0.15, -0.1) is 11.3 Å². The van der Waals surface area contributed by atoms with E-state index < -0.39 is 5.97 Å². The van der Waals surface area contributed by atoms with Crippen molar-refractivity contribution >= 4 is 34.8 Å². The van der Waals surface area contributed by atoms with E-state index in [0.717, 1.165) is 39.5 Å². The number of aromatic amines is 1. The van der Waals surface area contributed by atoms with Gasteiger partial charge in [0.25, 0.3) is 0 Å². The van der Waals surface area contributed by atoms with Crippen LogP contribution in [0, 0.1) is 0 Å². The van der Waals surface area contributed by atoms with E-state index >= 15 is 0 Å². The third kappa shape index (κ3) is 3.31. The van der Waals surface area contributed by atoms with E-state index in [2.05, 4.69) is 20.5 Å². The second-order valence-corrected chi connectivity index (χ2v) is 6.50. The maximum atomic E-state index is 11.1. The quantitative estimate of drug-likeness (QED) is 0.609. The zero-order valence-corrected chi connectivity index (χ0v) is 15.3. The van der Waals surface area contributed by atoms with Crippen molar-refractivity contribution in [1.82, 2.24) is 15.2 Å². The van der Waals surface area contributed by atoms with Crippen molar-refractivity contribution in [2.45, 2.75) is 6.92 Å². The van der Waals surface area contributed by atoms with Gasteiger partial charge in [-0.2, -0.15) is 5.10 Å². The topological polar surface area (TPSA) is 100 Å². The van der Waals surface area contributed by atoms with E-state index in [1.54, 1.807) is 14.2 Å². The SMILES string of the molecule is CNc1n[nH]c(-c2ccccc2OC)c1/C=C(\C)c1ncc(C(=O)O)s1. The average molecular weight is 370 g/mol. The molecule has 2 heterocycles. The number of allylic oxidation sites excluding steroid dienone is 1. The summed E-state index contributed by atoms with van der Waals surface area (Å²) in [5, 5.41) is 20.2. The van der Waals surface area contributed by atoms with Crippen molar-refractivity contribution in [3.63, 3.8) is 0 Å². The number of methoxy groups -OCH3 is 1. The zero-order valence-electron chi connectivity index (χ0n) is 14.5.